The van der Waals surface area contributed by atoms with Crippen molar-refractivity contribution in [2.24, 2.45) is 0 Å². The van der Waals surface area contributed by atoms with Gasteiger partial charge in [0.2, 0.25) is 5.95 Å². The van der Waals surface area contributed by atoms with Crippen LogP contribution in [0.15, 0.2) is 54.9 Å². The molecule has 1 aromatic heterocycles. The summed E-state index contributed by atoms with van der Waals surface area (Å²) in [5.74, 6) is 0.108. The predicted molar refractivity (Wildman–Crippen MR) is 96.2 cm³/mol. The van der Waals surface area contributed by atoms with Gasteiger partial charge in [0.1, 0.15) is 0 Å². The van der Waals surface area contributed by atoms with Crippen molar-refractivity contribution in [1.29, 1.82) is 0 Å². The van der Waals surface area contributed by atoms with Gasteiger partial charge in [0.15, 0.2) is 0 Å². The van der Waals surface area contributed by atoms with E-state index in [9.17, 15) is 18.0 Å². The second-order valence-corrected chi connectivity index (χ2v) is 6.20. The predicted octanol–water partition coefficient (Wildman–Crippen LogP) is 4.96. The van der Waals surface area contributed by atoms with Gasteiger partial charge < -0.3 is 4.98 Å². The lowest BCUT2D eigenvalue weighted by molar-refractivity contribution is -0.137. The molecule has 7 heteroatoms. The summed E-state index contributed by atoms with van der Waals surface area (Å²) >= 11 is 0. The molecule has 0 bridgehead atoms. The number of aromatic amines is 1. The van der Waals surface area contributed by atoms with Crippen molar-refractivity contribution < 1.29 is 18.0 Å². The molecule has 0 unspecified atom stereocenters. The Hall–Kier alpha value is -3.35. The summed E-state index contributed by atoms with van der Waals surface area (Å²) in [7, 11) is 0. The number of fused-ring (bicyclic) bond motifs is 1. The van der Waals surface area contributed by atoms with E-state index in [2.05, 4.69) is 9.97 Å². The zero-order valence-electron chi connectivity index (χ0n) is 14.2. The van der Waals surface area contributed by atoms with Crippen molar-refractivity contribution in [1.82, 2.24) is 9.97 Å². The fourth-order valence-electron chi connectivity index (χ4n) is 3.18. The number of carbonyl (C=O) groups is 1. The van der Waals surface area contributed by atoms with Crippen LogP contribution in [0, 0.1) is 6.92 Å². The number of anilines is 2. The molecule has 2 heterocycles. The van der Waals surface area contributed by atoms with Gasteiger partial charge >= 0.3 is 6.18 Å². The molecular weight excluding hydrogens is 355 g/mol. The third-order valence-electron chi connectivity index (χ3n) is 4.44. The number of imidazole rings is 1. The maximum absolute atomic E-state index is 13.1. The summed E-state index contributed by atoms with van der Waals surface area (Å²) in [6.07, 6.45) is 0.386. The van der Waals surface area contributed by atoms with Crippen LogP contribution in [0.2, 0.25) is 0 Å². The third-order valence-corrected chi connectivity index (χ3v) is 4.44. The molecule has 0 aliphatic carbocycles. The molecule has 3 aromatic rings. The van der Waals surface area contributed by atoms with E-state index in [1.54, 1.807) is 18.5 Å². The Morgan fingerprint density at radius 3 is 2.48 bits per heavy atom. The van der Waals surface area contributed by atoms with Gasteiger partial charge in [-0.3, -0.25) is 4.79 Å². The van der Waals surface area contributed by atoms with Crippen LogP contribution in [0.5, 0.6) is 0 Å². The SMILES string of the molecule is Cc1cccc2c1C(=Cc1ccc(C(F)(F)F)cc1)C(=O)N2c1ncc[nH]1. The monoisotopic (exact) mass is 369 g/mol. The van der Waals surface area contributed by atoms with Crippen LogP contribution in [0.3, 0.4) is 0 Å². The van der Waals surface area contributed by atoms with Gasteiger partial charge in [0.05, 0.1) is 16.8 Å². The van der Waals surface area contributed by atoms with E-state index in [1.165, 1.54) is 17.0 Å². The van der Waals surface area contributed by atoms with Gasteiger partial charge in [-0.2, -0.15) is 13.2 Å². The zero-order valence-corrected chi connectivity index (χ0v) is 14.2. The standard InChI is InChI=1S/C20H14F3N3O/c1-12-3-2-4-16-17(12)15(18(27)26(16)19-24-9-10-25-19)11-13-5-7-14(8-6-13)20(21,22)23/h2-11H,1H3,(H,24,25). The molecule has 0 radical (unpaired) electrons. The van der Waals surface area contributed by atoms with E-state index in [4.69, 9.17) is 0 Å². The number of nitrogens with zero attached hydrogens (tertiary/aromatic N) is 2. The average molecular weight is 369 g/mol. The zero-order chi connectivity index (χ0) is 19.2. The number of amides is 1. The minimum atomic E-state index is -4.39. The highest BCUT2D eigenvalue weighted by molar-refractivity contribution is 6.37. The van der Waals surface area contributed by atoms with Crippen molar-refractivity contribution in [3.8, 4) is 0 Å². The number of aryl methyl sites for hydroxylation is 1. The summed E-state index contributed by atoms with van der Waals surface area (Å²) in [6, 6.07) is 10.3. The Bertz CT molecular complexity index is 1040. The fraction of sp³-hybridized carbons (Fsp3) is 0.100. The van der Waals surface area contributed by atoms with Crippen LogP contribution < -0.4 is 4.90 Å². The van der Waals surface area contributed by atoms with Gasteiger partial charge in [-0.05, 0) is 42.3 Å². The van der Waals surface area contributed by atoms with E-state index < -0.39 is 11.7 Å². The molecule has 0 atom stereocenters. The molecule has 136 valence electrons. The van der Waals surface area contributed by atoms with E-state index in [0.717, 1.165) is 23.3 Å². The van der Waals surface area contributed by atoms with Crippen molar-refractivity contribution in [3.63, 3.8) is 0 Å². The molecule has 0 spiro atoms. The highest BCUT2D eigenvalue weighted by Crippen LogP contribution is 2.42. The molecule has 1 aliphatic heterocycles. The topological polar surface area (TPSA) is 49.0 Å². The number of carbonyl (C=O) groups excluding carboxylic acids is 1. The minimum Gasteiger partial charge on any atom is -0.330 e. The highest BCUT2D eigenvalue weighted by Gasteiger charge is 2.36. The van der Waals surface area contributed by atoms with E-state index in [0.29, 0.717) is 22.8 Å². The quantitative estimate of drug-likeness (QED) is 0.650. The van der Waals surface area contributed by atoms with Gasteiger partial charge in [0, 0.05) is 18.0 Å². The van der Waals surface area contributed by atoms with Crippen LogP contribution in [0.25, 0.3) is 11.6 Å². The molecule has 4 rings (SSSR count). The molecule has 0 fully saturated rings. The Balaban J connectivity index is 1.82. The van der Waals surface area contributed by atoms with Gasteiger partial charge in [-0.25, -0.2) is 9.88 Å². The van der Waals surface area contributed by atoms with E-state index in [-0.39, 0.29) is 5.91 Å². The second kappa shape index (κ2) is 6.12. The van der Waals surface area contributed by atoms with Crippen molar-refractivity contribution in [2.45, 2.75) is 13.1 Å². The number of nitrogens with one attached hydrogen (secondary N) is 1. The summed E-state index contributed by atoms with van der Waals surface area (Å²) in [5, 5.41) is 0. The molecule has 0 saturated heterocycles. The van der Waals surface area contributed by atoms with Crippen molar-refractivity contribution in [3.05, 3.63) is 77.1 Å². The lowest BCUT2D eigenvalue weighted by Crippen LogP contribution is -2.21. The summed E-state index contributed by atoms with van der Waals surface area (Å²) < 4.78 is 38.3. The molecule has 1 aliphatic rings. The average Bonchev–Trinajstić information content (AvgIpc) is 3.22. The number of hydrogen-bond acceptors (Lipinski definition) is 2. The van der Waals surface area contributed by atoms with Crippen molar-refractivity contribution >= 4 is 29.2 Å². The molecule has 4 nitrogen and oxygen atoms in total. The van der Waals surface area contributed by atoms with Gasteiger partial charge in [0.25, 0.3) is 5.91 Å². The lowest BCUT2D eigenvalue weighted by Gasteiger charge is -2.13. The smallest absolute Gasteiger partial charge is 0.330 e. The maximum Gasteiger partial charge on any atom is 0.416 e. The number of halogens is 3. The number of aromatic nitrogens is 2. The number of rotatable bonds is 2. The molecule has 27 heavy (non-hydrogen) atoms. The van der Waals surface area contributed by atoms with Gasteiger partial charge in [-0.1, -0.05) is 24.3 Å². The minimum absolute atomic E-state index is 0.283. The second-order valence-electron chi connectivity index (χ2n) is 6.20. The fourth-order valence-corrected chi connectivity index (χ4v) is 3.18. The van der Waals surface area contributed by atoms with Crippen LogP contribution in [0.4, 0.5) is 24.8 Å². The first-order valence-corrected chi connectivity index (χ1v) is 8.19. The van der Waals surface area contributed by atoms with Crippen LogP contribution in [0.1, 0.15) is 22.3 Å². The first-order valence-electron chi connectivity index (χ1n) is 8.19. The first-order chi connectivity index (χ1) is 12.9. The summed E-state index contributed by atoms with van der Waals surface area (Å²) in [5.41, 5.74) is 2.54. The molecule has 1 N–H and O–H groups in total. The largest absolute Gasteiger partial charge is 0.416 e. The first kappa shape index (κ1) is 17.1. The third kappa shape index (κ3) is 2.91. The van der Waals surface area contributed by atoms with Crippen molar-refractivity contribution in [2.75, 3.05) is 4.90 Å². The highest BCUT2D eigenvalue weighted by atomic mass is 19.4. The Kier molecular flexibility index (Phi) is 3.87. The normalized spacial score (nSPS) is 15.5. The molecular formula is C20H14F3N3O. The van der Waals surface area contributed by atoms with E-state index >= 15 is 0 Å². The number of H-pyrrole nitrogens is 1. The summed E-state index contributed by atoms with van der Waals surface area (Å²) in [6.45, 7) is 1.89. The molecule has 2 aromatic carbocycles. The van der Waals surface area contributed by atoms with Crippen LogP contribution in [-0.2, 0) is 11.0 Å². The van der Waals surface area contributed by atoms with Crippen LogP contribution >= 0.6 is 0 Å². The Labute approximate surface area is 153 Å². The number of benzene rings is 2. The lowest BCUT2D eigenvalue weighted by atomic mass is 9.99. The van der Waals surface area contributed by atoms with Crippen LogP contribution in [-0.4, -0.2) is 15.9 Å². The Morgan fingerprint density at radius 1 is 1.11 bits per heavy atom. The molecule has 0 saturated carbocycles. The van der Waals surface area contributed by atoms with Gasteiger partial charge in [-0.15, -0.1) is 0 Å². The Morgan fingerprint density at radius 2 is 1.85 bits per heavy atom. The maximum atomic E-state index is 13.1. The number of hydrogen-bond donors (Lipinski definition) is 1. The van der Waals surface area contributed by atoms with E-state index in [1.807, 2.05) is 25.1 Å². The number of alkyl halides is 3. The molecule has 1 amide bonds. The summed E-state index contributed by atoms with van der Waals surface area (Å²) in [4.78, 5) is 21.6.